The molecule has 0 amide bonds. The van der Waals surface area contributed by atoms with Crippen LogP contribution in [-0.4, -0.2) is 18.7 Å². The van der Waals surface area contributed by atoms with E-state index in [-0.39, 0.29) is 11.9 Å². The fraction of sp³-hybridized carbons (Fsp3) is 0.611. The lowest BCUT2D eigenvalue weighted by atomic mass is 9.95. The van der Waals surface area contributed by atoms with Crippen molar-refractivity contribution in [3.8, 4) is 5.75 Å². The molecule has 0 spiro atoms. The molecular weight excluding hydrogens is 264 g/mol. The molecule has 0 saturated carbocycles. The number of benzene rings is 1. The van der Waals surface area contributed by atoms with Crippen molar-refractivity contribution in [1.29, 1.82) is 0 Å². The molecule has 21 heavy (non-hydrogen) atoms. The highest BCUT2D eigenvalue weighted by Gasteiger charge is 2.21. The predicted molar refractivity (Wildman–Crippen MR) is 85.8 cm³/mol. The highest BCUT2D eigenvalue weighted by molar-refractivity contribution is 5.72. The monoisotopic (exact) mass is 292 g/mol. The Bertz CT molecular complexity index is 498. The summed E-state index contributed by atoms with van der Waals surface area (Å²) in [7, 11) is 1.69. The van der Waals surface area contributed by atoms with E-state index in [0.29, 0.717) is 0 Å². The van der Waals surface area contributed by atoms with Gasteiger partial charge in [-0.25, -0.2) is 0 Å². The summed E-state index contributed by atoms with van der Waals surface area (Å²) >= 11 is 0. The zero-order valence-electron chi connectivity index (χ0n) is 14.4. The molecule has 0 radical (unpaired) electrons. The van der Waals surface area contributed by atoms with E-state index in [9.17, 15) is 4.79 Å². The summed E-state index contributed by atoms with van der Waals surface area (Å²) in [5.41, 5.74) is 3.26. The molecule has 0 aliphatic carbocycles. The summed E-state index contributed by atoms with van der Waals surface area (Å²) in [5, 5.41) is 0. The lowest BCUT2D eigenvalue weighted by Crippen LogP contribution is -2.27. The molecule has 0 fully saturated rings. The summed E-state index contributed by atoms with van der Waals surface area (Å²) < 4.78 is 10.7. The van der Waals surface area contributed by atoms with Gasteiger partial charge in [0.05, 0.1) is 13.0 Å². The first-order chi connectivity index (χ1) is 9.65. The minimum atomic E-state index is -0.419. The van der Waals surface area contributed by atoms with E-state index in [1.807, 2.05) is 33.8 Å². The van der Waals surface area contributed by atoms with Crippen LogP contribution in [0.1, 0.15) is 50.8 Å². The van der Waals surface area contributed by atoms with Gasteiger partial charge in [0, 0.05) is 0 Å². The van der Waals surface area contributed by atoms with Crippen LogP contribution in [0.3, 0.4) is 0 Å². The number of carbonyl (C=O) groups is 1. The highest BCUT2D eigenvalue weighted by atomic mass is 16.6. The minimum Gasteiger partial charge on any atom is -0.496 e. The Morgan fingerprint density at radius 3 is 2.33 bits per heavy atom. The van der Waals surface area contributed by atoms with Gasteiger partial charge in [0.25, 0.3) is 0 Å². The van der Waals surface area contributed by atoms with Crippen LogP contribution in [0.15, 0.2) is 12.1 Å². The molecule has 0 aliphatic rings. The third kappa shape index (κ3) is 5.07. The maximum Gasteiger partial charge on any atom is 0.309 e. The van der Waals surface area contributed by atoms with Crippen molar-refractivity contribution in [3.05, 3.63) is 28.8 Å². The Labute approximate surface area is 128 Å². The van der Waals surface area contributed by atoms with Crippen LogP contribution in [0.25, 0.3) is 0 Å². The van der Waals surface area contributed by atoms with E-state index >= 15 is 0 Å². The topological polar surface area (TPSA) is 35.5 Å². The van der Waals surface area contributed by atoms with Crippen LogP contribution in [0.5, 0.6) is 5.75 Å². The van der Waals surface area contributed by atoms with Crippen LogP contribution >= 0.6 is 0 Å². The molecule has 0 saturated heterocycles. The van der Waals surface area contributed by atoms with Gasteiger partial charge in [0.15, 0.2) is 0 Å². The third-order valence-corrected chi connectivity index (χ3v) is 3.73. The zero-order valence-corrected chi connectivity index (χ0v) is 14.4. The molecule has 1 aromatic rings. The zero-order chi connectivity index (χ0) is 16.2. The van der Waals surface area contributed by atoms with Crippen molar-refractivity contribution in [2.75, 3.05) is 7.11 Å². The maximum absolute atomic E-state index is 12.0. The third-order valence-electron chi connectivity index (χ3n) is 3.73. The van der Waals surface area contributed by atoms with Crippen molar-refractivity contribution in [1.82, 2.24) is 0 Å². The van der Waals surface area contributed by atoms with E-state index in [1.54, 1.807) is 7.11 Å². The van der Waals surface area contributed by atoms with Gasteiger partial charge in [-0.05, 0) is 70.2 Å². The largest absolute Gasteiger partial charge is 0.496 e. The second-order valence-electron chi connectivity index (χ2n) is 6.65. The Balaban J connectivity index is 2.67. The Hall–Kier alpha value is -1.51. The fourth-order valence-electron chi connectivity index (χ4n) is 2.24. The SMILES string of the molecule is COc1ccc(CCC(C)C(=O)OC(C)(C)C)c(C)c1C. The summed E-state index contributed by atoms with van der Waals surface area (Å²) in [6, 6.07) is 4.08. The van der Waals surface area contributed by atoms with Gasteiger partial charge in [0.1, 0.15) is 11.4 Å². The summed E-state index contributed by atoms with van der Waals surface area (Å²) in [5.74, 6) is 0.702. The fourth-order valence-corrected chi connectivity index (χ4v) is 2.24. The molecule has 118 valence electrons. The molecule has 1 aromatic carbocycles. The minimum absolute atomic E-state index is 0.0916. The molecule has 3 nitrogen and oxygen atoms in total. The Kier molecular flexibility index (Phi) is 5.82. The number of aryl methyl sites for hydroxylation is 1. The van der Waals surface area contributed by atoms with Gasteiger partial charge in [0.2, 0.25) is 0 Å². The summed E-state index contributed by atoms with van der Waals surface area (Å²) in [6.07, 6.45) is 1.67. The van der Waals surface area contributed by atoms with E-state index in [0.717, 1.165) is 18.6 Å². The quantitative estimate of drug-likeness (QED) is 0.762. The van der Waals surface area contributed by atoms with Crippen LogP contribution in [0.4, 0.5) is 0 Å². The molecule has 1 unspecified atom stereocenters. The molecule has 0 bridgehead atoms. The second kappa shape index (κ2) is 6.97. The van der Waals surface area contributed by atoms with Crippen LogP contribution in [0.2, 0.25) is 0 Å². The number of carbonyl (C=O) groups excluding carboxylic acids is 1. The van der Waals surface area contributed by atoms with Crippen molar-refractivity contribution >= 4 is 5.97 Å². The van der Waals surface area contributed by atoms with E-state index in [4.69, 9.17) is 9.47 Å². The van der Waals surface area contributed by atoms with Crippen LogP contribution in [0, 0.1) is 19.8 Å². The van der Waals surface area contributed by atoms with Gasteiger partial charge in [-0.2, -0.15) is 0 Å². The lowest BCUT2D eigenvalue weighted by Gasteiger charge is -2.22. The van der Waals surface area contributed by atoms with Crippen molar-refractivity contribution in [2.45, 2.75) is 60.0 Å². The lowest BCUT2D eigenvalue weighted by molar-refractivity contribution is -0.159. The number of esters is 1. The first-order valence-electron chi connectivity index (χ1n) is 7.51. The van der Waals surface area contributed by atoms with Gasteiger partial charge < -0.3 is 9.47 Å². The van der Waals surface area contributed by atoms with Crippen molar-refractivity contribution < 1.29 is 14.3 Å². The molecule has 0 aromatic heterocycles. The van der Waals surface area contributed by atoms with Gasteiger partial charge in [-0.15, -0.1) is 0 Å². The van der Waals surface area contributed by atoms with Gasteiger partial charge in [-0.1, -0.05) is 13.0 Å². The smallest absolute Gasteiger partial charge is 0.309 e. The summed E-state index contributed by atoms with van der Waals surface area (Å²) in [4.78, 5) is 12.0. The molecule has 3 heteroatoms. The van der Waals surface area contributed by atoms with E-state index in [2.05, 4.69) is 19.9 Å². The standard InChI is InChI=1S/C18H28O3/c1-12(17(19)21-18(4,5)6)8-9-15-10-11-16(20-7)14(3)13(15)2/h10-12H,8-9H2,1-7H3. The average Bonchev–Trinajstić information content (AvgIpc) is 2.38. The molecule has 0 heterocycles. The van der Waals surface area contributed by atoms with Crippen LogP contribution in [-0.2, 0) is 16.0 Å². The summed E-state index contributed by atoms with van der Waals surface area (Å²) in [6.45, 7) is 11.8. The second-order valence-corrected chi connectivity index (χ2v) is 6.65. The Morgan fingerprint density at radius 2 is 1.81 bits per heavy atom. The molecular formula is C18H28O3. The molecule has 1 rings (SSSR count). The first kappa shape index (κ1) is 17.5. The van der Waals surface area contributed by atoms with Crippen molar-refractivity contribution in [3.63, 3.8) is 0 Å². The number of methoxy groups -OCH3 is 1. The van der Waals surface area contributed by atoms with Gasteiger partial charge >= 0.3 is 5.97 Å². The van der Waals surface area contributed by atoms with Gasteiger partial charge in [-0.3, -0.25) is 4.79 Å². The highest BCUT2D eigenvalue weighted by Crippen LogP contribution is 2.25. The van der Waals surface area contributed by atoms with Crippen LogP contribution < -0.4 is 4.74 Å². The Morgan fingerprint density at radius 1 is 1.19 bits per heavy atom. The average molecular weight is 292 g/mol. The van der Waals surface area contributed by atoms with E-state index < -0.39 is 5.60 Å². The first-order valence-corrected chi connectivity index (χ1v) is 7.51. The maximum atomic E-state index is 12.0. The number of hydrogen-bond acceptors (Lipinski definition) is 3. The predicted octanol–water partition coefficient (Wildman–Crippen LogP) is 4.22. The molecule has 1 atom stereocenters. The van der Waals surface area contributed by atoms with E-state index in [1.165, 1.54) is 16.7 Å². The molecule has 0 N–H and O–H groups in total. The molecule has 0 aliphatic heterocycles. The number of ether oxygens (including phenoxy) is 2. The number of hydrogen-bond donors (Lipinski definition) is 0. The van der Waals surface area contributed by atoms with Crippen molar-refractivity contribution in [2.24, 2.45) is 5.92 Å². The normalized spacial score (nSPS) is 12.9. The number of rotatable bonds is 5.